The Labute approximate surface area is 122 Å². The highest BCUT2D eigenvalue weighted by Gasteiger charge is 2.30. The third kappa shape index (κ3) is 3.40. The lowest BCUT2D eigenvalue weighted by atomic mass is 10.1. The molecule has 0 N–H and O–H groups in total. The zero-order valence-electron chi connectivity index (χ0n) is 12.5. The van der Waals surface area contributed by atoms with Crippen molar-refractivity contribution in [2.45, 2.75) is 37.9 Å². The molecule has 2 fully saturated rings. The van der Waals surface area contributed by atoms with Crippen LogP contribution in [0.3, 0.4) is 0 Å². The second-order valence-corrected chi connectivity index (χ2v) is 6.17. The van der Waals surface area contributed by atoms with Crippen LogP contribution in [-0.2, 0) is 11.3 Å². The fourth-order valence-electron chi connectivity index (χ4n) is 3.52. The maximum atomic E-state index is 5.48. The average molecular weight is 274 g/mol. The van der Waals surface area contributed by atoms with Gasteiger partial charge >= 0.3 is 0 Å². The summed E-state index contributed by atoms with van der Waals surface area (Å²) in [6, 6.07) is 12.3. The van der Waals surface area contributed by atoms with E-state index in [-0.39, 0.29) is 0 Å². The number of hydrogen-bond acceptors (Lipinski definition) is 3. The van der Waals surface area contributed by atoms with Crippen LogP contribution in [0.15, 0.2) is 30.3 Å². The fourth-order valence-corrected chi connectivity index (χ4v) is 3.52. The molecule has 20 heavy (non-hydrogen) atoms. The average Bonchev–Trinajstić information content (AvgIpc) is 2.97. The molecule has 1 aromatic rings. The molecule has 0 aromatic heterocycles. The van der Waals surface area contributed by atoms with Crippen LogP contribution in [0, 0.1) is 0 Å². The summed E-state index contributed by atoms with van der Waals surface area (Å²) in [5.41, 5.74) is 1.43. The quantitative estimate of drug-likeness (QED) is 0.838. The second kappa shape index (κ2) is 6.70. The summed E-state index contributed by atoms with van der Waals surface area (Å²) in [6.07, 6.45) is 3.71. The maximum Gasteiger partial charge on any atom is 0.0480 e. The largest absolute Gasteiger partial charge is 0.381 e. The van der Waals surface area contributed by atoms with Gasteiger partial charge in [-0.2, -0.15) is 0 Å². The number of ether oxygens (including phenoxy) is 1. The molecule has 2 heterocycles. The minimum Gasteiger partial charge on any atom is -0.381 e. The molecule has 0 bridgehead atoms. The normalized spacial score (nSPS) is 25.4. The molecule has 2 saturated heterocycles. The van der Waals surface area contributed by atoms with E-state index in [1.165, 1.54) is 37.9 Å². The third-order valence-electron chi connectivity index (χ3n) is 4.84. The van der Waals surface area contributed by atoms with E-state index < -0.39 is 0 Å². The van der Waals surface area contributed by atoms with Crippen LogP contribution in [-0.4, -0.2) is 55.2 Å². The molecule has 0 radical (unpaired) electrons. The maximum absolute atomic E-state index is 5.48. The number of likely N-dealkylation sites (N-methyl/N-ethyl adjacent to an activating group) is 1. The minimum absolute atomic E-state index is 0.724. The number of hydrogen-bond donors (Lipinski definition) is 0. The molecule has 1 atom stereocenters. The van der Waals surface area contributed by atoms with Crippen molar-refractivity contribution in [1.29, 1.82) is 0 Å². The summed E-state index contributed by atoms with van der Waals surface area (Å²) in [5, 5.41) is 0. The van der Waals surface area contributed by atoms with Gasteiger partial charge in [0, 0.05) is 44.9 Å². The van der Waals surface area contributed by atoms with Crippen LogP contribution in [0.4, 0.5) is 0 Å². The van der Waals surface area contributed by atoms with Crippen molar-refractivity contribution in [2.75, 3.05) is 33.4 Å². The SMILES string of the molecule is CN(C1CCOCC1)[C@@H]1CCN(Cc2ccccc2)C1. The highest BCUT2D eigenvalue weighted by atomic mass is 16.5. The van der Waals surface area contributed by atoms with Gasteiger partial charge in [0.1, 0.15) is 0 Å². The van der Waals surface area contributed by atoms with E-state index in [9.17, 15) is 0 Å². The summed E-state index contributed by atoms with van der Waals surface area (Å²) in [6.45, 7) is 5.42. The molecule has 3 rings (SSSR count). The molecule has 0 amide bonds. The highest BCUT2D eigenvalue weighted by Crippen LogP contribution is 2.22. The Morgan fingerprint density at radius 3 is 2.60 bits per heavy atom. The van der Waals surface area contributed by atoms with Crippen LogP contribution in [0.5, 0.6) is 0 Å². The van der Waals surface area contributed by atoms with Gasteiger partial charge in [0.25, 0.3) is 0 Å². The number of benzene rings is 1. The first-order valence-electron chi connectivity index (χ1n) is 7.89. The molecule has 0 aliphatic carbocycles. The van der Waals surface area contributed by atoms with Gasteiger partial charge in [0.2, 0.25) is 0 Å². The lowest BCUT2D eigenvalue weighted by Gasteiger charge is -2.35. The van der Waals surface area contributed by atoms with Gasteiger partial charge < -0.3 is 4.74 Å². The predicted molar refractivity (Wildman–Crippen MR) is 81.7 cm³/mol. The van der Waals surface area contributed by atoms with E-state index in [0.29, 0.717) is 0 Å². The van der Waals surface area contributed by atoms with Crippen molar-refractivity contribution in [2.24, 2.45) is 0 Å². The molecular formula is C17H26N2O. The van der Waals surface area contributed by atoms with Gasteiger partial charge in [-0.1, -0.05) is 30.3 Å². The Morgan fingerprint density at radius 1 is 1.10 bits per heavy atom. The smallest absolute Gasteiger partial charge is 0.0480 e. The summed E-state index contributed by atoms with van der Waals surface area (Å²) >= 11 is 0. The molecule has 3 heteroatoms. The van der Waals surface area contributed by atoms with E-state index in [2.05, 4.69) is 47.2 Å². The summed E-state index contributed by atoms with van der Waals surface area (Å²) in [4.78, 5) is 5.21. The Balaban J connectivity index is 1.51. The molecule has 0 spiro atoms. The first-order chi connectivity index (χ1) is 9.83. The van der Waals surface area contributed by atoms with Gasteiger partial charge in [0.05, 0.1) is 0 Å². The van der Waals surface area contributed by atoms with E-state index in [4.69, 9.17) is 4.74 Å². The van der Waals surface area contributed by atoms with Gasteiger partial charge in [0.15, 0.2) is 0 Å². The Bertz CT molecular complexity index is 403. The standard InChI is InChI=1S/C17H26N2O/c1-18(16-8-11-20-12-9-16)17-7-10-19(14-17)13-15-5-3-2-4-6-15/h2-6,16-17H,7-14H2,1H3/t17-/m1/s1. The fraction of sp³-hybridized carbons (Fsp3) is 0.647. The summed E-state index contributed by atoms with van der Waals surface area (Å²) < 4.78 is 5.48. The van der Waals surface area contributed by atoms with Gasteiger partial charge in [-0.15, -0.1) is 0 Å². The van der Waals surface area contributed by atoms with Crippen molar-refractivity contribution >= 4 is 0 Å². The van der Waals surface area contributed by atoms with Crippen LogP contribution in [0.25, 0.3) is 0 Å². The molecule has 0 saturated carbocycles. The van der Waals surface area contributed by atoms with E-state index >= 15 is 0 Å². The monoisotopic (exact) mass is 274 g/mol. The first kappa shape index (κ1) is 14.1. The molecular weight excluding hydrogens is 248 g/mol. The van der Waals surface area contributed by atoms with Crippen molar-refractivity contribution in [3.05, 3.63) is 35.9 Å². The first-order valence-corrected chi connectivity index (χ1v) is 7.89. The topological polar surface area (TPSA) is 15.7 Å². The Kier molecular flexibility index (Phi) is 4.71. The van der Waals surface area contributed by atoms with Crippen LogP contribution in [0.2, 0.25) is 0 Å². The highest BCUT2D eigenvalue weighted by molar-refractivity contribution is 5.14. The van der Waals surface area contributed by atoms with E-state index in [1.54, 1.807) is 0 Å². The molecule has 3 nitrogen and oxygen atoms in total. The van der Waals surface area contributed by atoms with E-state index in [1.807, 2.05) is 0 Å². The zero-order valence-corrected chi connectivity index (χ0v) is 12.5. The van der Waals surface area contributed by atoms with Gasteiger partial charge in [-0.25, -0.2) is 0 Å². The zero-order chi connectivity index (χ0) is 13.8. The molecule has 2 aliphatic heterocycles. The molecule has 1 aromatic carbocycles. The Morgan fingerprint density at radius 2 is 1.85 bits per heavy atom. The second-order valence-electron chi connectivity index (χ2n) is 6.17. The van der Waals surface area contributed by atoms with Crippen LogP contribution < -0.4 is 0 Å². The van der Waals surface area contributed by atoms with Crippen LogP contribution >= 0.6 is 0 Å². The Hall–Kier alpha value is -0.900. The van der Waals surface area contributed by atoms with E-state index in [0.717, 1.165) is 31.8 Å². The summed E-state index contributed by atoms with van der Waals surface area (Å²) in [5.74, 6) is 0. The number of likely N-dealkylation sites (tertiary alicyclic amines) is 1. The van der Waals surface area contributed by atoms with Gasteiger partial charge in [-0.05, 0) is 31.9 Å². The molecule has 0 unspecified atom stereocenters. The lowest BCUT2D eigenvalue weighted by Crippen LogP contribution is -2.44. The third-order valence-corrected chi connectivity index (χ3v) is 4.84. The van der Waals surface area contributed by atoms with Crippen molar-refractivity contribution < 1.29 is 4.74 Å². The lowest BCUT2D eigenvalue weighted by molar-refractivity contribution is 0.0297. The minimum atomic E-state index is 0.724. The number of rotatable bonds is 4. The summed E-state index contributed by atoms with van der Waals surface area (Å²) in [7, 11) is 2.31. The van der Waals surface area contributed by atoms with Crippen LogP contribution in [0.1, 0.15) is 24.8 Å². The van der Waals surface area contributed by atoms with Crippen molar-refractivity contribution in [3.8, 4) is 0 Å². The molecule has 2 aliphatic rings. The predicted octanol–water partition coefficient (Wildman–Crippen LogP) is 2.37. The number of nitrogens with zero attached hydrogens (tertiary/aromatic N) is 2. The van der Waals surface area contributed by atoms with Gasteiger partial charge in [-0.3, -0.25) is 9.80 Å². The van der Waals surface area contributed by atoms with Crippen molar-refractivity contribution in [3.63, 3.8) is 0 Å². The van der Waals surface area contributed by atoms with Crippen molar-refractivity contribution in [1.82, 2.24) is 9.80 Å². The molecule has 110 valence electrons.